The fourth-order valence-corrected chi connectivity index (χ4v) is 4.77. The maximum absolute atomic E-state index is 13.1. The summed E-state index contributed by atoms with van der Waals surface area (Å²) >= 11 is 0. The number of carbonyl (C=O) groups is 4. The van der Waals surface area contributed by atoms with Gasteiger partial charge in [0.25, 0.3) is 0 Å². The number of hydrogen-bond acceptors (Lipinski definition) is 11. The van der Waals surface area contributed by atoms with Gasteiger partial charge in [-0.3, -0.25) is 19.2 Å². The third-order valence-electron chi connectivity index (χ3n) is 8.01. The number of azide groups is 1. The first-order valence-electron chi connectivity index (χ1n) is 18.9. The summed E-state index contributed by atoms with van der Waals surface area (Å²) in [6.07, 6.45) is 3.46. The first-order valence-corrected chi connectivity index (χ1v) is 18.9. The Hall–Kier alpha value is -3.21. The number of rotatable bonds is 29. The molecule has 0 heterocycles. The zero-order valence-electron chi connectivity index (χ0n) is 35.1. The van der Waals surface area contributed by atoms with Crippen molar-refractivity contribution in [2.24, 2.45) is 5.11 Å². The van der Waals surface area contributed by atoms with Crippen LogP contribution < -0.4 is 21.4 Å². The standard InChI is InChI=1S/C37H71N7O10/c1-13-16-34(5,6)49-23-18-37(11,12)52-27-30(46)42-28(31(47)40-22-25-53-43-32(48)54-33(2,3)4)15-14-20-39-29(45)26-51-36(9,10)19-24-50-35(7,8)17-21-41-44-38/h28H,13-27H2,1-12H3,(H,39,45)(H,40,47)(H,42,46)(H,43,48)/t28-/m0/s1. The fraction of sp³-hybridized carbons (Fsp3) is 0.892. The lowest BCUT2D eigenvalue weighted by Gasteiger charge is -2.29. The molecule has 0 aliphatic heterocycles. The molecule has 0 aromatic heterocycles. The first kappa shape index (κ1) is 50.8. The second-order valence-corrected chi connectivity index (χ2v) is 16.6. The lowest BCUT2D eigenvalue weighted by atomic mass is 10.0. The maximum Gasteiger partial charge on any atom is 0.431 e. The molecule has 1 atom stereocenters. The van der Waals surface area contributed by atoms with Crippen LogP contribution in [0.2, 0.25) is 0 Å². The van der Waals surface area contributed by atoms with Crippen molar-refractivity contribution >= 4 is 23.8 Å². The summed E-state index contributed by atoms with van der Waals surface area (Å²) < 4.78 is 28.8. The van der Waals surface area contributed by atoms with Gasteiger partial charge >= 0.3 is 6.09 Å². The zero-order chi connectivity index (χ0) is 41.5. The molecule has 0 spiro atoms. The molecule has 0 aromatic rings. The monoisotopic (exact) mass is 774 g/mol. The number of carbonyl (C=O) groups excluding carboxylic acids is 4. The molecule has 0 fully saturated rings. The van der Waals surface area contributed by atoms with E-state index in [1.165, 1.54) is 0 Å². The van der Waals surface area contributed by atoms with Gasteiger partial charge in [0.1, 0.15) is 24.9 Å². The molecule has 0 bridgehead atoms. The van der Waals surface area contributed by atoms with Crippen molar-refractivity contribution < 1.29 is 47.7 Å². The lowest BCUT2D eigenvalue weighted by Crippen LogP contribution is -2.49. The van der Waals surface area contributed by atoms with Crippen LogP contribution in [0.4, 0.5) is 4.79 Å². The highest BCUT2D eigenvalue weighted by Gasteiger charge is 2.26. The first-order chi connectivity index (χ1) is 24.9. The number of ether oxygens (including phenoxy) is 5. The third kappa shape index (κ3) is 28.3. The Morgan fingerprint density at radius 2 is 1.22 bits per heavy atom. The van der Waals surface area contributed by atoms with Crippen molar-refractivity contribution in [1.82, 2.24) is 21.4 Å². The number of hydrogen-bond donors (Lipinski definition) is 4. The average molecular weight is 774 g/mol. The molecular weight excluding hydrogens is 702 g/mol. The van der Waals surface area contributed by atoms with E-state index in [2.05, 4.69) is 38.4 Å². The van der Waals surface area contributed by atoms with E-state index in [1.807, 2.05) is 55.4 Å². The fourth-order valence-electron chi connectivity index (χ4n) is 4.77. The van der Waals surface area contributed by atoms with Gasteiger partial charge in [-0.2, -0.15) is 5.48 Å². The zero-order valence-corrected chi connectivity index (χ0v) is 35.1. The Morgan fingerprint density at radius 1 is 0.685 bits per heavy atom. The van der Waals surface area contributed by atoms with Crippen LogP contribution in [0.25, 0.3) is 10.4 Å². The lowest BCUT2D eigenvalue weighted by molar-refractivity contribution is -0.137. The third-order valence-corrected chi connectivity index (χ3v) is 8.01. The summed E-state index contributed by atoms with van der Waals surface area (Å²) in [5.41, 5.74) is 7.95. The van der Waals surface area contributed by atoms with Gasteiger partial charge in [0.05, 0.1) is 42.2 Å². The highest BCUT2D eigenvalue weighted by Crippen LogP contribution is 2.21. The Morgan fingerprint density at radius 3 is 1.76 bits per heavy atom. The van der Waals surface area contributed by atoms with E-state index < -0.39 is 46.4 Å². The number of amides is 4. The number of nitrogens with one attached hydrogen (secondary N) is 4. The summed E-state index contributed by atoms with van der Waals surface area (Å²) in [6.45, 7) is 23.7. The Bertz CT molecular complexity index is 1180. The Labute approximate surface area is 322 Å². The minimum Gasteiger partial charge on any atom is -0.442 e. The summed E-state index contributed by atoms with van der Waals surface area (Å²) in [4.78, 5) is 58.3. The van der Waals surface area contributed by atoms with Gasteiger partial charge in [-0.15, -0.1) is 0 Å². The van der Waals surface area contributed by atoms with Crippen molar-refractivity contribution in [2.75, 3.05) is 52.7 Å². The molecule has 4 N–H and O–H groups in total. The molecule has 17 nitrogen and oxygen atoms in total. The van der Waals surface area contributed by atoms with Crippen LogP contribution in [-0.2, 0) is 42.9 Å². The molecule has 0 aliphatic rings. The molecule has 0 aromatic carbocycles. The van der Waals surface area contributed by atoms with Gasteiger partial charge in [-0.25, -0.2) is 4.79 Å². The van der Waals surface area contributed by atoms with Crippen LogP contribution in [-0.4, -0.2) is 111 Å². The van der Waals surface area contributed by atoms with Gasteiger partial charge in [-0.05, 0) is 120 Å². The Balaban J connectivity index is 5.01. The summed E-state index contributed by atoms with van der Waals surface area (Å²) in [7, 11) is 0. The van der Waals surface area contributed by atoms with E-state index in [0.717, 1.165) is 12.8 Å². The van der Waals surface area contributed by atoms with Gasteiger partial charge in [0.15, 0.2) is 0 Å². The van der Waals surface area contributed by atoms with Crippen molar-refractivity contribution in [3.63, 3.8) is 0 Å². The van der Waals surface area contributed by atoms with Crippen LogP contribution in [0.5, 0.6) is 0 Å². The van der Waals surface area contributed by atoms with E-state index in [0.29, 0.717) is 45.4 Å². The topological polar surface area (TPSA) is 221 Å². The predicted octanol–water partition coefficient (Wildman–Crippen LogP) is 5.40. The van der Waals surface area contributed by atoms with Crippen LogP contribution in [0.1, 0.15) is 128 Å². The SMILES string of the molecule is CCCC(C)(C)OCCC(C)(C)OCC(=O)N[C@@H](CCCNC(=O)COC(C)(C)CCOC(C)(C)CCN=[N+]=[N-])C(=O)NCCONC(=O)OC(C)(C)C. The minimum absolute atomic E-state index is 0.0427. The molecular formula is C37H71N7O10. The molecule has 4 amide bonds. The van der Waals surface area contributed by atoms with Crippen molar-refractivity contribution in [3.8, 4) is 0 Å². The van der Waals surface area contributed by atoms with Gasteiger partial charge in [0.2, 0.25) is 17.7 Å². The van der Waals surface area contributed by atoms with E-state index in [4.69, 9.17) is 34.1 Å². The minimum atomic E-state index is -0.927. The highest BCUT2D eigenvalue weighted by molar-refractivity contribution is 5.88. The molecule has 54 heavy (non-hydrogen) atoms. The number of nitrogens with zero attached hydrogens (tertiary/aromatic N) is 3. The normalized spacial score (nSPS) is 13.0. The van der Waals surface area contributed by atoms with Crippen molar-refractivity contribution in [2.45, 2.75) is 162 Å². The molecule has 0 rings (SSSR count). The smallest absolute Gasteiger partial charge is 0.431 e. The van der Waals surface area contributed by atoms with Gasteiger partial charge < -0.3 is 39.6 Å². The largest absolute Gasteiger partial charge is 0.442 e. The van der Waals surface area contributed by atoms with Gasteiger partial charge in [-0.1, -0.05) is 18.5 Å². The summed E-state index contributed by atoms with van der Waals surface area (Å²) in [5, 5.41) is 11.8. The summed E-state index contributed by atoms with van der Waals surface area (Å²) in [5.74, 6) is -1.26. The van der Waals surface area contributed by atoms with E-state index in [9.17, 15) is 19.2 Å². The highest BCUT2D eigenvalue weighted by atomic mass is 16.7. The summed E-state index contributed by atoms with van der Waals surface area (Å²) in [6, 6.07) is -0.927. The van der Waals surface area contributed by atoms with Crippen LogP contribution in [0.15, 0.2) is 5.11 Å². The van der Waals surface area contributed by atoms with E-state index in [-0.39, 0.29) is 50.8 Å². The molecule has 314 valence electrons. The molecule has 0 radical (unpaired) electrons. The molecule has 0 unspecified atom stereocenters. The van der Waals surface area contributed by atoms with E-state index >= 15 is 0 Å². The predicted molar refractivity (Wildman–Crippen MR) is 205 cm³/mol. The second kappa shape index (κ2) is 25.0. The Kier molecular flexibility index (Phi) is 23.6. The number of hydroxylamine groups is 1. The van der Waals surface area contributed by atoms with Gasteiger partial charge in [0, 0.05) is 24.5 Å². The maximum atomic E-state index is 13.1. The molecule has 17 heteroatoms. The molecule has 0 saturated carbocycles. The van der Waals surface area contributed by atoms with Crippen LogP contribution >= 0.6 is 0 Å². The molecule has 0 aliphatic carbocycles. The molecule has 0 saturated heterocycles. The van der Waals surface area contributed by atoms with Crippen molar-refractivity contribution in [1.29, 1.82) is 0 Å². The van der Waals surface area contributed by atoms with E-state index in [1.54, 1.807) is 20.8 Å². The average Bonchev–Trinajstić information content (AvgIpc) is 3.03. The second-order valence-electron chi connectivity index (χ2n) is 16.6. The van der Waals surface area contributed by atoms with Crippen LogP contribution in [0.3, 0.4) is 0 Å². The van der Waals surface area contributed by atoms with Crippen molar-refractivity contribution in [3.05, 3.63) is 10.4 Å². The quantitative estimate of drug-likeness (QED) is 0.0249. The van der Waals surface area contributed by atoms with Crippen LogP contribution in [0, 0.1) is 0 Å².